The van der Waals surface area contributed by atoms with Gasteiger partial charge in [0.2, 0.25) is 0 Å². The molecule has 0 fully saturated rings. The van der Waals surface area contributed by atoms with Crippen molar-refractivity contribution in [3.05, 3.63) is 182 Å². The van der Waals surface area contributed by atoms with E-state index in [-0.39, 0.29) is 60.1 Å². The van der Waals surface area contributed by atoms with E-state index in [2.05, 4.69) is 0 Å². The van der Waals surface area contributed by atoms with E-state index < -0.39 is 126 Å². The van der Waals surface area contributed by atoms with Crippen LogP contribution in [0.2, 0.25) is 0 Å². The lowest BCUT2D eigenvalue weighted by atomic mass is 9.83. The molecule has 0 radical (unpaired) electrons. The zero-order valence-corrected chi connectivity index (χ0v) is 23.9. The minimum Gasteiger partial charge on any atom is -0.0622 e. The minimum absolute atomic E-state index is 0.0318. The highest BCUT2D eigenvalue weighted by atomic mass is 14.2. The minimum atomic E-state index is -0.742. The molecule has 0 saturated heterocycles. The van der Waals surface area contributed by atoms with Crippen molar-refractivity contribution in [2.24, 2.45) is 0 Å². The number of rotatable bonds is 4. The second-order valence-electron chi connectivity index (χ2n) is 10.6. The Bertz CT molecular complexity index is 3600. The second-order valence-corrected chi connectivity index (χ2v) is 10.6. The van der Waals surface area contributed by atoms with E-state index in [4.69, 9.17) is 19.2 Å². The van der Waals surface area contributed by atoms with Crippen LogP contribution in [-0.4, -0.2) is 0 Å². The molecule has 0 N–H and O–H groups in total. The first-order chi connectivity index (χ1) is 30.7. The summed E-state index contributed by atoms with van der Waals surface area (Å²) < 4.78 is 169. The first-order valence-electron chi connectivity index (χ1n) is 23.9. The Hall–Kier alpha value is -5.98. The molecule has 0 atom stereocenters. The number of hydrogen-bond acceptors (Lipinski definition) is 0. The third-order valence-corrected chi connectivity index (χ3v) is 8.02. The largest absolute Gasteiger partial charge is 0.0636 e. The van der Waals surface area contributed by atoms with E-state index in [0.717, 1.165) is 5.39 Å². The van der Waals surface area contributed by atoms with Crippen LogP contribution in [0, 0.1) is 0 Å². The molecule has 9 aromatic rings. The summed E-state index contributed by atoms with van der Waals surface area (Å²) in [7, 11) is 0. The van der Waals surface area contributed by atoms with Gasteiger partial charge in [0.15, 0.2) is 0 Å². The molecule has 0 aliphatic carbocycles. The summed E-state index contributed by atoms with van der Waals surface area (Å²) in [6.45, 7) is 0. The van der Waals surface area contributed by atoms with Crippen LogP contribution in [0.3, 0.4) is 0 Å². The van der Waals surface area contributed by atoms with Crippen LogP contribution in [0.15, 0.2) is 182 Å². The topological polar surface area (TPSA) is 0 Å². The summed E-state index contributed by atoms with van der Waals surface area (Å²) in [6.07, 6.45) is 0. The van der Waals surface area contributed by atoms with Crippen molar-refractivity contribution < 1.29 is 26.0 Å². The first kappa shape index (κ1) is 13.6. The maximum Gasteiger partial charge on any atom is 0.0636 e. The van der Waals surface area contributed by atoms with Crippen LogP contribution >= 0.6 is 0 Å². The molecule has 0 aromatic heterocycles. The van der Waals surface area contributed by atoms with Gasteiger partial charge in [0, 0.05) is 0 Å². The number of fused-ring (bicyclic) bond motifs is 4. The standard InChI is InChI=1S/C46H30/c1-2-11-31(12-3-1)38-27-28-43-44(30-38)45(35-24-21-33(22-25-35)37-26-23-32-13-4-5-15-36(32)29-37)41-18-8-9-19-42(41)46(43)40-20-10-16-34-14-6-7-17-39(34)40/h1-30H/i1D,2D,3D,4D,5D,8D,9D,11D,12D,13D,15D,18D,19D,23D,26D,27D,28D,29D,30D. The van der Waals surface area contributed by atoms with Crippen LogP contribution in [0.25, 0.3) is 87.6 Å². The van der Waals surface area contributed by atoms with Gasteiger partial charge in [-0.2, -0.15) is 0 Å². The lowest BCUT2D eigenvalue weighted by molar-refractivity contribution is 1.62. The molecule has 0 heterocycles. The van der Waals surface area contributed by atoms with Gasteiger partial charge in [0.1, 0.15) is 0 Å². The van der Waals surface area contributed by atoms with Crippen LogP contribution < -0.4 is 0 Å². The smallest absolute Gasteiger partial charge is 0.0622 e. The fourth-order valence-electron chi connectivity index (χ4n) is 5.95. The van der Waals surface area contributed by atoms with Crippen LogP contribution in [0.5, 0.6) is 0 Å². The summed E-state index contributed by atoms with van der Waals surface area (Å²) >= 11 is 0. The maximum absolute atomic E-state index is 9.95. The Morgan fingerprint density at radius 3 is 1.78 bits per heavy atom. The highest BCUT2D eigenvalue weighted by Gasteiger charge is 2.19. The van der Waals surface area contributed by atoms with Gasteiger partial charge in [-0.3, -0.25) is 0 Å². The van der Waals surface area contributed by atoms with Crippen molar-refractivity contribution in [1.82, 2.24) is 0 Å². The van der Waals surface area contributed by atoms with E-state index in [1.165, 1.54) is 24.3 Å². The molecule has 0 aliphatic heterocycles. The summed E-state index contributed by atoms with van der Waals surface area (Å²) in [5.41, 5.74) is -0.342. The lowest BCUT2D eigenvalue weighted by Gasteiger charge is -2.20. The van der Waals surface area contributed by atoms with E-state index in [9.17, 15) is 6.85 Å². The Morgan fingerprint density at radius 2 is 0.935 bits per heavy atom. The molecular formula is C46H30. The summed E-state index contributed by atoms with van der Waals surface area (Å²) in [5, 5.41) is 0.408. The lowest BCUT2D eigenvalue weighted by Crippen LogP contribution is -1.92. The van der Waals surface area contributed by atoms with Crippen molar-refractivity contribution in [3.8, 4) is 44.5 Å². The van der Waals surface area contributed by atoms with E-state index >= 15 is 0 Å². The van der Waals surface area contributed by atoms with E-state index in [0.29, 0.717) is 10.9 Å². The molecule has 0 amide bonds. The molecule has 0 nitrogen and oxygen atoms in total. The van der Waals surface area contributed by atoms with Crippen LogP contribution in [-0.2, 0) is 0 Å². The fourth-order valence-corrected chi connectivity index (χ4v) is 5.95. The zero-order valence-electron chi connectivity index (χ0n) is 42.9. The molecule has 214 valence electrons. The van der Waals surface area contributed by atoms with Gasteiger partial charge in [0.25, 0.3) is 0 Å². The monoisotopic (exact) mass is 601 g/mol. The summed E-state index contributed by atoms with van der Waals surface area (Å²) in [4.78, 5) is 0. The number of benzene rings is 9. The molecule has 0 unspecified atom stereocenters. The molecule has 9 aromatic carbocycles. The van der Waals surface area contributed by atoms with Gasteiger partial charge in [-0.15, -0.1) is 0 Å². The molecule has 0 heteroatoms. The molecule has 0 saturated carbocycles. The van der Waals surface area contributed by atoms with Gasteiger partial charge in [-0.05, 0) is 99.7 Å². The Morgan fingerprint density at radius 1 is 0.304 bits per heavy atom. The molecule has 46 heavy (non-hydrogen) atoms. The van der Waals surface area contributed by atoms with Crippen molar-refractivity contribution in [3.63, 3.8) is 0 Å². The average Bonchev–Trinajstić information content (AvgIpc) is 3.30. The molecular weight excluding hydrogens is 553 g/mol. The second kappa shape index (κ2) is 10.9. The van der Waals surface area contributed by atoms with Gasteiger partial charge >= 0.3 is 0 Å². The van der Waals surface area contributed by atoms with Crippen molar-refractivity contribution in [2.45, 2.75) is 0 Å². The average molecular weight is 602 g/mol. The fraction of sp³-hybridized carbons (Fsp3) is 0. The van der Waals surface area contributed by atoms with E-state index in [1.54, 1.807) is 24.3 Å². The van der Waals surface area contributed by atoms with Crippen molar-refractivity contribution >= 4 is 43.1 Å². The predicted octanol–water partition coefficient (Wildman–Crippen LogP) is 13.0. The SMILES string of the molecule is [2H]c1c([2H])c([2H])c(-c2c([2H])c([2H])c3c(-c4cccc5ccccc45)c4c([2H])c([2H])c([2H])c([2H])c4c(-c4ccc(-c5c([2H])c([2H])c6c([2H])c([2H])c([2H])c([2H])c6c5[2H])cc4)c3c2[2H])c([2H])c1[2H]. The van der Waals surface area contributed by atoms with Crippen LogP contribution in [0.4, 0.5) is 0 Å². The normalized spacial score (nSPS) is 17.3. The predicted molar refractivity (Wildman–Crippen MR) is 198 cm³/mol. The summed E-state index contributed by atoms with van der Waals surface area (Å²) in [6, 6.07) is 6.72. The third-order valence-electron chi connectivity index (χ3n) is 8.02. The quantitative estimate of drug-likeness (QED) is 0.176. The van der Waals surface area contributed by atoms with Gasteiger partial charge in [-0.1, -0.05) is 169 Å². The van der Waals surface area contributed by atoms with Crippen molar-refractivity contribution in [1.29, 1.82) is 0 Å². The molecule has 0 bridgehead atoms. The van der Waals surface area contributed by atoms with Gasteiger partial charge in [-0.25, -0.2) is 0 Å². The third kappa shape index (κ3) is 4.38. The van der Waals surface area contributed by atoms with Gasteiger partial charge < -0.3 is 0 Å². The van der Waals surface area contributed by atoms with Crippen molar-refractivity contribution in [2.75, 3.05) is 0 Å². The van der Waals surface area contributed by atoms with E-state index in [1.807, 2.05) is 18.2 Å². The maximum atomic E-state index is 9.95. The molecule has 0 spiro atoms. The van der Waals surface area contributed by atoms with Gasteiger partial charge in [0.05, 0.1) is 26.0 Å². The first-order valence-corrected chi connectivity index (χ1v) is 14.4. The Kier molecular flexibility index (Phi) is 3.21. The highest BCUT2D eigenvalue weighted by Crippen LogP contribution is 2.46. The molecule has 9 rings (SSSR count). The Labute approximate surface area is 295 Å². The van der Waals surface area contributed by atoms with Crippen LogP contribution in [0.1, 0.15) is 26.0 Å². The highest BCUT2D eigenvalue weighted by molar-refractivity contribution is 6.24. The zero-order chi connectivity index (χ0) is 47.0. The number of hydrogen-bond donors (Lipinski definition) is 0. The molecule has 0 aliphatic rings. The summed E-state index contributed by atoms with van der Waals surface area (Å²) in [5.74, 6) is 0. The Balaban J connectivity index is 1.49.